The number of rotatable bonds is 8. The van der Waals surface area contributed by atoms with Crippen LogP contribution in [0, 0.1) is 0 Å². The Balaban J connectivity index is 2.68. The second-order valence-electron chi connectivity index (χ2n) is 5.58. The monoisotopic (exact) mass is 343 g/mol. The third-order valence-corrected chi connectivity index (χ3v) is 4.81. The molecule has 1 rings (SSSR count). The largest absolute Gasteiger partial charge is 0.497 e. The standard InChI is InChI=1S/C15H25N3O4S/c1-17(2)14(12-6-8-13(22-4)9-7-12)10-16-15(19)11-18(3)23(5,20)21/h6-9,14H,10-11H2,1-5H3,(H,16,19). The fourth-order valence-electron chi connectivity index (χ4n) is 2.01. The van der Waals surface area contributed by atoms with Crippen molar-refractivity contribution in [1.29, 1.82) is 0 Å². The maximum absolute atomic E-state index is 11.9. The van der Waals surface area contributed by atoms with Crippen molar-refractivity contribution < 1.29 is 17.9 Å². The molecule has 0 saturated carbocycles. The van der Waals surface area contributed by atoms with E-state index in [2.05, 4.69) is 5.32 Å². The Morgan fingerprint density at radius 2 is 1.78 bits per heavy atom. The summed E-state index contributed by atoms with van der Waals surface area (Å²) in [4.78, 5) is 13.9. The van der Waals surface area contributed by atoms with E-state index in [1.54, 1.807) is 7.11 Å². The van der Waals surface area contributed by atoms with Crippen molar-refractivity contribution in [1.82, 2.24) is 14.5 Å². The number of ether oxygens (including phenoxy) is 1. The maximum atomic E-state index is 11.9. The predicted molar refractivity (Wildman–Crippen MR) is 89.9 cm³/mol. The zero-order valence-electron chi connectivity index (χ0n) is 14.2. The van der Waals surface area contributed by atoms with Crippen LogP contribution in [0.1, 0.15) is 11.6 Å². The van der Waals surface area contributed by atoms with Crippen LogP contribution in [0.25, 0.3) is 0 Å². The lowest BCUT2D eigenvalue weighted by Crippen LogP contribution is -2.41. The number of carbonyl (C=O) groups is 1. The van der Waals surface area contributed by atoms with Gasteiger partial charge in [0.15, 0.2) is 0 Å². The summed E-state index contributed by atoms with van der Waals surface area (Å²) in [6, 6.07) is 7.60. The van der Waals surface area contributed by atoms with Crippen LogP contribution in [0.15, 0.2) is 24.3 Å². The number of nitrogens with zero attached hydrogens (tertiary/aromatic N) is 2. The smallest absolute Gasteiger partial charge is 0.235 e. The van der Waals surface area contributed by atoms with Crippen LogP contribution in [0.2, 0.25) is 0 Å². The fourth-order valence-corrected chi connectivity index (χ4v) is 2.36. The third-order valence-electron chi connectivity index (χ3n) is 3.55. The molecule has 7 nitrogen and oxygen atoms in total. The molecule has 0 heterocycles. The molecule has 0 aromatic heterocycles. The van der Waals surface area contributed by atoms with Crippen LogP contribution in [0.5, 0.6) is 5.75 Å². The normalized spacial score (nSPS) is 13.2. The molecule has 1 N–H and O–H groups in total. The summed E-state index contributed by atoms with van der Waals surface area (Å²) < 4.78 is 28.8. The van der Waals surface area contributed by atoms with Gasteiger partial charge in [0, 0.05) is 13.6 Å². The molecular weight excluding hydrogens is 318 g/mol. The van der Waals surface area contributed by atoms with Crippen molar-refractivity contribution in [2.75, 3.05) is 47.6 Å². The number of sulfonamides is 1. The molecule has 0 radical (unpaired) electrons. The average molecular weight is 343 g/mol. The number of nitrogens with one attached hydrogen (secondary N) is 1. The first-order chi connectivity index (χ1) is 10.6. The molecule has 0 aliphatic carbocycles. The summed E-state index contributed by atoms with van der Waals surface area (Å²) >= 11 is 0. The number of hydrogen-bond donors (Lipinski definition) is 1. The zero-order chi connectivity index (χ0) is 17.6. The van der Waals surface area contributed by atoms with E-state index in [4.69, 9.17) is 4.74 Å². The second kappa shape index (κ2) is 8.28. The minimum atomic E-state index is -3.36. The van der Waals surface area contributed by atoms with Crippen molar-refractivity contribution in [2.45, 2.75) is 6.04 Å². The van der Waals surface area contributed by atoms with Crippen molar-refractivity contribution in [3.05, 3.63) is 29.8 Å². The van der Waals surface area contributed by atoms with E-state index in [1.165, 1.54) is 7.05 Å². The summed E-state index contributed by atoms with van der Waals surface area (Å²) in [7, 11) is 3.46. The number of likely N-dealkylation sites (N-methyl/N-ethyl adjacent to an activating group) is 2. The molecule has 0 fully saturated rings. The number of benzene rings is 1. The predicted octanol–water partition coefficient (Wildman–Crippen LogP) is 0.306. The van der Waals surface area contributed by atoms with E-state index in [1.807, 2.05) is 43.3 Å². The summed E-state index contributed by atoms with van der Waals surface area (Å²) in [6.07, 6.45) is 1.07. The lowest BCUT2D eigenvalue weighted by atomic mass is 10.1. The van der Waals surface area contributed by atoms with Gasteiger partial charge in [-0.05, 0) is 31.8 Å². The van der Waals surface area contributed by atoms with Crippen LogP contribution in [0.4, 0.5) is 0 Å². The topological polar surface area (TPSA) is 79.0 Å². The molecule has 0 bridgehead atoms. The molecule has 8 heteroatoms. The van der Waals surface area contributed by atoms with Gasteiger partial charge >= 0.3 is 0 Å². The quantitative estimate of drug-likeness (QED) is 0.735. The van der Waals surface area contributed by atoms with E-state index in [9.17, 15) is 13.2 Å². The van der Waals surface area contributed by atoms with Gasteiger partial charge in [0.25, 0.3) is 0 Å². The molecular formula is C15H25N3O4S. The summed E-state index contributed by atoms with van der Waals surface area (Å²) in [5, 5.41) is 2.78. The Labute approximate surface area is 138 Å². The Kier molecular flexibility index (Phi) is 6.99. The van der Waals surface area contributed by atoms with Crippen LogP contribution >= 0.6 is 0 Å². The first kappa shape index (κ1) is 19.4. The van der Waals surface area contributed by atoms with E-state index >= 15 is 0 Å². The Morgan fingerprint density at radius 3 is 2.22 bits per heavy atom. The SMILES string of the molecule is COc1ccc(C(CNC(=O)CN(C)S(C)(=O)=O)N(C)C)cc1. The minimum absolute atomic E-state index is 0.0200. The van der Waals surface area contributed by atoms with Crippen LogP contribution in [0.3, 0.4) is 0 Å². The van der Waals surface area contributed by atoms with Gasteiger partial charge in [0.05, 0.1) is 26.0 Å². The molecule has 1 aromatic rings. The van der Waals surface area contributed by atoms with E-state index in [-0.39, 0.29) is 18.5 Å². The summed E-state index contributed by atoms with van der Waals surface area (Å²) in [5.74, 6) is 0.434. The van der Waals surface area contributed by atoms with Crippen LogP contribution in [-0.2, 0) is 14.8 Å². The molecule has 1 atom stereocenters. The molecule has 130 valence electrons. The number of methoxy groups -OCH3 is 1. The summed E-state index contributed by atoms with van der Waals surface area (Å²) in [6.45, 7) is 0.192. The highest BCUT2D eigenvalue weighted by Gasteiger charge is 2.18. The molecule has 0 spiro atoms. The van der Waals surface area contributed by atoms with Crippen molar-refractivity contribution >= 4 is 15.9 Å². The first-order valence-corrected chi connectivity index (χ1v) is 8.98. The highest BCUT2D eigenvalue weighted by atomic mass is 32.2. The van der Waals surface area contributed by atoms with Crippen molar-refractivity contribution in [3.8, 4) is 5.75 Å². The molecule has 1 unspecified atom stereocenters. The molecule has 0 saturated heterocycles. The highest BCUT2D eigenvalue weighted by molar-refractivity contribution is 7.88. The van der Waals surface area contributed by atoms with Gasteiger partial charge < -0.3 is 15.0 Å². The zero-order valence-corrected chi connectivity index (χ0v) is 15.1. The fraction of sp³-hybridized carbons (Fsp3) is 0.533. The Bertz CT molecular complexity index is 614. The van der Waals surface area contributed by atoms with Gasteiger partial charge in [0.2, 0.25) is 15.9 Å². The maximum Gasteiger partial charge on any atom is 0.235 e. The van der Waals surface area contributed by atoms with Gasteiger partial charge in [0.1, 0.15) is 5.75 Å². The van der Waals surface area contributed by atoms with Crippen LogP contribution in [-0.4, -0.2) is 71.1 Å². The third kappa shape index (κ3) is 6.17. The van der Waals surface area contributed by atoms with Gasteiger partial charge in [-0.2, -0.15) is 4.31 Å². The molecule has 23 heavy (non-hydrogen) atoms. The molecule has 0 aliphatic heterocycles. The van der Waals surface area contributed by atoms with E-state index in [0.717, 1.165) is 21.9 Å². The molecule has 1 amide bonds. The van der Waals surface area contributed by atoms with Crippen molar-refractivity contribution in [2.24, 2.45) is 0 Å². The van der Waals surface area contributed by atoms with Gasteiger partial charge in [-0.1, -0.05) is 12.1 Å². The number of hydrogen-bond acceptors (Lipinski definition) is 5. The van der Waals surface area contributed by atoms with Gasteiger partial charge in [-0.3, -0.25) is 4.79 Å². The molecule has 0 aliphatic rings. The second-order valence-corrected chi connectivity index (χ2v) is 7.67. The Morgan fingerprint density at radius 1 is 1.22 bits per heavy atom. The molecule has 1 aromatic carbocycles. The Hall–Kier alpha value is -1.64. The lowest BCUT2D eigenvalue weighted by Gasteiger charge is -2.25. The first-order valence-electron chi connectivity index (χ1n) is 7.13. The minimum Gasteiger partial charge on any atom is -0.497 e. The van der Waals surface area contributed by atoms with E-state index < -0.39 is 10.0 Å². The van der Waals surface area contributed by atoms with Gasteiger partial charge in [-0.15, -0.1) is 0 Å². The van der Waals surface area contributed by atoms with Crippen LogP contribution < -0.4 is 10.1 Å². The highest BCUT2D eigenvalue weighted by Crippen LogP contribution is 2.20. The van der Waals surface area contributed by atoms with Crippen molar-refractivity contribution in [3.63, 3.8) is 0 Å². The number of amides is 1. The average Bonchev–Trinajstić information content (AvgIpc) is 2.46. The van der Waals surface area contributed by atoms with E-state index in [0.29, 0.717) is 6.54 Å². The van der Waals surface area contributed by atoms with Gasteiger partial charge in [-0.25, -0.2) is 8.42 Å². The number of carbonyl (C=O) groups excluding carboxylic acids is 1. The lowest BCUT2D eigenvalue weighted by molar-refractivity contribution is -0.121. The summed E-state index contributed by atoms with van der Waals surface area (Å²) in [5.41, 5.74) is 1.03.